The third-order valence-corrected chi connectivity index (χ3v) is 6.72. The Balaban J connectivity index is 1.35. The molecule has 0 saturated heterocycles. The summed E-state index contributed by atoms with van der Waals surface area (Å²) in [7, 11) is 0. The Hall–Kier alpha value is -3.92. The molecule has 0 bridgehead atoms. The zero-order valence-corrected chi connectivity index (χ0v) is 22.4. The molecule has 0 aliphatic heterocycles. The van der Waals surface area contributed by atoms with Crippen molar-refractivity contribution >= 4 is 22.7 Å². The molecule has 38 heavy (non-hydrogen) atoms. The first-order valence-corrected chi connectivity index (χ1v) is 13.7. The minimum absolute atomic E-state index is 0.383. The molecule has 0 fully saturated rings. The smallest absolute Gasteiger partial charge is 0.343 e. The minimum atomic E-state index is -0.383. The minimum Gasteiger partial charge on any atom is -0.423 e. The first-order chi connectivity index (χ1) is 18.6. The van der Waals surface area contributed by atoms with Crippen LogP contribution >= 0.6 is 0 Å². The van der Waals surface area contributed by atoms with E-state index in [0.29, 0.717) is 22.6 Å². The maximum Gasteiger partial charge on any atom is 0.343 e. The maximum absolute atomic E-state index is 12.6. The fourth-order valence-corrected chi connectivity index (χ4v) is 4.43. The molecule has 0 amide bonds. The van der Waals surface area contributed by atoms with Gasteiger partial charge in [0.25, 0.3) is 0 Å². The molecule has 0 heterocycles. The highest BCUT2D eigenvalue weighted by Crippen LogP contribution is 2.26. The van der Waals surface area contributed by atoms with Gasteiger partial charge in [0.2, 0.25) is 0 Å². The van der Waals surface area contributed by atoms with Crippen LogP contribution in [0.15, 0.2) is 84.9 Å². The Morgan fingerprint density at radius 2 is 0.921 bits per heavy atom. The first-order valence-electron chi connectivity index (χ1n) is 13.7. The number of esters is 2. The molecule has 0 aliphatic rings. The first kappa shape index (κ1) is 27.1. The van der Waals surface area contributed by atoms with Gasteiger partial charge in [-0.15, -0.1) is 0 Å². The van der Waals surface area contributed by atoms with E-state index in [9.17, 15) is 9.59 Å². The zero-order valence-electron chi connectivity index (χ0n) is 22.4. The highest BCUT2D eigenvalue weighted by molar-refractivity contribution is 5.93. The van der Waals surface area contributed by atoms with Crippen LogP contribution in [0.5, 0.6) is 11.5 Å². The van der Waals surface area contributed by atoms with Gasteiger partial charge in [-0.05, 0) is 96.1 Å². The van der Waals surface area contributed by atoms with E-state index in [1.54, 1.807) is 12.1 Å². The molecule has 4 heteroatoms. The number of carbonyl (C=O) groups excluding carboxylic acids is 2. The van der Waals surface area contributed by atoms with Gasteiger partial charge < -0.3 is 9.47 Å². The van der Waals surface area contributed by atoms with Crippen molar-refractivity contribution in [3.63, 3.8) is 0 Å². The van der Waals surface area contributed by atoms with Crippen molar-refractivity contribution in [2.75, 3.05) is 0 Å². The van der Waals surface area contributed by atoms with Crippen molar-refractivity contribution in [2.45, 2.75) is 65.2 Å². The summed E-state index contributed by atoms with van der Waals surface area (Å²) in [6.45, 7) is 4.38. The lowest BCUT2D eigenvalue weighted by molar-refractivity contribution is 0.0725. The van der Waals surface area contributed by atoms with Gasteiger partial charge in [0, 0.05) is 0 Å². The monoisotopic (exact) mass is 508 g/mol. The summed E-state index contributed by atoms with van der Waals surface area (Å²) in [5, 5.41) is 1.77. The topological polar surface area (TPSA) is 52.6 Å². The van der Waals surface area contributed by atoms with Crippen LogP contribution in [0.1, 0.15) is 84.2 Å². The normalized spacial score (nSPS) is 10.9. The molecule has 0 aliphatic carbocycles. The molecule has 0 saturated carbocycles. The van der Waals surface area contributed by atoms with Crippen LogP contribution < -0.4 is 9.47 Å². The molecule has 0 atom stereocenters. The highest BCUT2D eigenvalue weighted by Gasteiger charge is 2.12. The second kappa shape index (κ2) is 13.6. The molecule has 0 aromatic heterocycles. The van der Waals surface area contributed by atoms with E-state index in [0.717, 1.165) is 36.5 Å². The molecule has 4 nitrogen and oxygen atoms in total. The average molecular weight is 509 g/mol. The van der Waals surface area contributed by atoms with Gasteiger partial charge in [-0.25, -0.2) is 9.59 Å². The van der Waals surface area contributed by atoms with Crippen molar-refractivity contribution in [2.24, 2.45) is 0 Å². The maximum atomic E-state index is 12.6. The Morgan fingerprint density at radius 1 is 0.526 bits per heavy atom. The van der Waals surface area contributed by atoms with Gasteiger partial charge in [0.1, 0.15) is 11.5 Å². The van der Waals surface area contributed by atoms with Gasteiger partial charge in [-0.1, -0.05) is 75.9 Å². The predicted molar refractivity (Wildman–Crippen MR) is 153 cm³/mol. The van der Waals surface area contributed by atoms with Gasteiger partial charge in [0.15, 0.2) is 0 Å². The number of aryl methyl sites for hydroxylation is 2. The molecule has 4 aromatic rings. The van der Waals surface area contributed by atoms with E-state index in [2.05, 4.69) is 13.8 Å². The molecule has 0 unspecified atom stereocenters. The lowest BCUT2D eigenvalue weighted by Gasteiger charge is -2.09. The van der Waals surface area contributed by atoms with E-state index >= 15 is 0 Å². The number of hydrogen-bond acceptors (Lipinski definition) is 4. The van der Waals surface area contributed by atoms with Gasteiger partial charge >= 0.3 is 11.9 Å². The third kappa shape index (κ3) is 7.55. The van der Waals surface area contributed by atoms with Crippen molar-refractivity contribution < 1.29 is 19.1 Å². The number of ether oxygens (including phenoxy) is 2. The van der Waals surface area contributed by atoms with Crippen LogP contribution in [-0.2, 0) is 12.8 Å². The van der Waals surface area contributed by atoms with Crippen molar-refractivity contribution in [3.05, 3.63) is 107 Å². The third-order valence-electron chi connectivity index (χ3n) is 6.72. The quantitative estimate of drug-likeness (QED) is 0.109. The molecular weight excluding hydrogens is 472 g/mol. The van der Waals surface area contributed by atoms with Gasteiger partial charge in [-0.3, -0.25) is 0 Å². The molecule has 4 rings (SSSR count). The number of unbranched alkanes of at least 4 members (excludes halogenated alkanes) is 4. The number of rotatable bonds is 12. The van der Waals surface area contributed by atoms with Crippen LogP contribution in [0.25, 0.3) is 10.8 Å². The van der Waals surface area contributed by atoms with E-state index in [-0.39, 0.29) is 11.9 Å². The lowest BCUT2D eigenvalue weighted by Crippen LogP contribution is -2.09. The Morgan fingerprint density at radius 3 is 1.29 bits per heavy atom. The van der Waals surface area contributed by atoms with Crippen molar-refractivity contribution in [3.8, 4) is 11.5 Å². The van der Waals surface area contributed by atoms with E-state index in [1.807, 2.05) is 72.8 Å². The fourth-order valence-electron chi connectivity index (χ4n) is 4.43. The summed E-state index contributed by atoms with van der Waals surface area (Å²) >= 11 is 0. The second-order valence-electron chi connectivity index (χ2n) is 9.76. The largest absolute Gasteiger partial charge is 0.423 e. The number of hydrogen-bond donors (Lipinski definition) is 0. The van der Waals surface area contributed by atoms with E-state index in [1.165, 1.54) is 36.8 Å². The van der Waals surface area contributed by atoms with Crippen molar-refractivity contribution in [1.82, 2.24) is 0 Å². The summed E-state index contributed by atoms with van der Waals surface area (Å²) in [6, 6.07) is 26.1. The van der Waals surface area contributed by atoms with E-state index in [4.69, 9.17) is 9.47 Å². The van der Waals surface area contributed by atoms with Crippen LogP contribution in [-0.4, -0.2) is 11.9 Å². The molecule has 0 spiro atoms. The van der Waals surface area contributed by atoms with Gasteiger partial charge in [0.05, 0.1) is 11.1 Å². The Kier molecular flexibility index (Phi) is 9.69. The molecule has 196 valence electrons. The molecule has 4 aromatic carbocycles. The Bertz CT molecular complexity index is 1250. The van der Waals surface area contributed by atoms with Crippen LogP contribution in [0.2, 0.25) is 0 Å². The standard InChI is InChI=1S/C34H36O4/c1-3-5-7-9-25-11-15-27(16-12-25)33(35)37-31-21-19-30-24-32(22-20-29(30)23-31)38-34(36)28-17-13-26(14-18-28)10-8-6-4-2/h11-24H,3-10H2,1-2H3. The summed E-state index contributed by atoms with van der Waals surface area (Å²) in [4.78, 5) is 25.3. The van der Waals surface area contributed by atoms with Gasteiger partial charge in [-0.2, -0.15) is 0 Å². The second-order valence-corrected chi connectivity index (χ2v) is 9.76. The fraction of sp³-hybridized carbons (Fsp3) is 0.294. The summed E-state index contributed by atoms with van der Waals surface area (Å²) in [6.07, 6.45) is 9.17. The predicted octanol–water partition coefficient (Wildman–Crippen LogP) is 8.74. The van der Waals surface area contributed by atoms with E-state index < -0.39 is 0 Å². The average Bonchev–Trinajstić information content (AvgIpc) is 2.94. The highest BCUT2D eigenvalue weighted by atomic mass is 16.5. The van der Waals surface area contributed by atoms with Crippen LogP contribution in [0, 0.1) is 0 Å². The number of benzene rings is 4. The lowest BCUT2D eigenvalue weighted by atomic mass is 10.1. The zero-order chi connectivity index (χ0) is 26.7. The molecule has 0 N–H and O–H groups in total. The summed E-state index contributed by atoms with van der Waals surface area (Å²) in [5.41, 5.74) is 3.52. The summed E-state index contributed by atoms with van der Waals surface area (Å²) in [5.74, 6) is 0.175. The van der Waals surface area contributed by atoms with Crippen molar-refractivity contribution in [1.29, 1.82) is 0 Å². The van der Waals surface area contributed by atoms with Crippen LogP contribution in [0.3, 0.4) is 0 Å². The van der Waals surface area contributed by atoms with Crippen LogP contribution in [0.4, 0.5) is 0 Å². The summed E-state index contributed by atoms with van der Waals surface area (Å²) < 4.78 is 11.2. The molecular formula is C34H36O4. The SMILES string of the molecule is CCCCCc1ccc(C(=O)Oc2ccc3cc(OC(=O)c4ccc(CCCCC)cc4)ccc3c2)cc1. The number of carbonyl (C=O) groups is 2. The number of fused-ring (bicyclic) bond motifs is 1. The Labute approximate surface area is 225 Å². The molecule has 0 radical (unpaired) electrons.